The molecule has 5 heteroatoms. The molecule has 0 saturated heterocycles. The van der Waals surface area contributed by atoms with Crippen LogP contribution in [0.1, 0.15) is 25.0 Å². The van der Waals surface area contributed by atoms with Crippen LogP contribution in [0, 0.1) is 0 Å². The quantitative estimate of drug-likeness (QED) is 0.501. The molecule has 1 amide bonds. The number of carbonyl (C=O) groups is 2. The molecule has 0 bridgehead atoms. The third-order valence-electron chi connectivity index (χ3n) is 3.89. The molecule has 0 aliphatic heterocycles. The molecule has 0 atom stereocenters. The summed E-state index contributed by atoms with van der Waals surface area (Å²) < 4.78 is 10.4. The number of ether oxygens (including phenoxy) is 2. The van der Waals surface area contributed by atoms with Crippen LogP contribution in [-0.4, -0.2) is 36.5 Å². The predicted octanol–water partition coefficient (Wildman–Crippen LogP) is 3.69. The molecule has 0 saturated carbocycles. The van der Waals surface area contributed by atoms with Crippen molar-refractivity contribution in [1.82, 2.24) is 4.90 Å². The van der Waals surface area contributed by atoms with Gasteiger partial charge in [-0.3, -0.25) is 4.79 Å². The van der Waals surface area contributed by atoms with Gasteiger partial charge >= 0.3 is 5.97 Å². The molecule has 2 aromatic carbocycles. The highest BCUT2D eigenvalue weighted by molar-refractivity contribution is 5.89. The van der Waals surface area contributed by atoms with E-state index in [4.69, 9.17) is 9.47 Å². The van der Waals surface area contributed by atoms with E-state index in [1.165, 1.54) is 6.08 Å². The number of likely N-dealkylation sites (N-methyl/N-ethyl adjacent to an activating group) is 1. The van der Waals surface area contributed by atoms with E-state index in [1.54, 1.807) is 11.0 Å². The number of hydrogen-bond acceptors (Lipinski definition) is 4. The Balaban J connectivity index is 1.81. The van der Waals surface area contributed by atoms with Gasteiger partial charge in [-0.1, -0.05) is 42.5 Å². The monoisotopic (exact) mass is 367 g/mol. The lowest BCUT2D eigenvalue weighted by Gasteiger charge is -2.20. The second kappa shape index (κ2) is 10.8. The van der Waals surface area contributed by atoms with E-state index in [2.05, 4.69) is 0 Å². The van der Waals surface area contributed by atoms with Gasteiger partial charge in [0, 0.05) is 19.2 Å². The summed E-state index contributed by atoms with van der Waals surface area (Å²) in [6, 6.07) is 17.1. The van der Waals surface area contributed by atoms with Crippen LogP contribution in [0.3, 0.4) is 0 Å². The van der Waals surface area contributed by atoms with E-state index < -0.39 is 5.97 Å². The van der Waals surface area contributed by atoms with Crippen molar-refractivity contribution in [1.29, 1.82) is 0 Å². The molecule has 2 rings (SSSR count). The Morgan fingerprint density at radius 1 is 1.00 bits per heavy atom. The van der Waals surface area contributed by atoms with Crippen LogP contribution < -0.4 is 4.74 Å². The largest absolute Gasteiger partial charge is 0.494 e. The standard InChI is InChI=1S/C22H25NO4/c1-3-23(16-19-8-6-5-7-9-19)21(24)17-27-22(25)15-12-18-10-13-20(14-11-18)26-4-2/h5-15H,3-4,16-17H2,1-2H3/b15-12+. The number of benzene rings is 2. The predicted molar refractivity (Wildman–Crippen MR) is 105 cm³/mol. The minimum absolute atomic E-state index is 0.218. The molecule has 27 heavy (non-hydrogen) atoms. The number of rotatable bonds is 9. The maximum atomic E-state index is 12.3. The zero-order chi connectivity index (χ0) is 19.5. The second-order valence-corrected chi connectivity index (χ2v) is 5.84. The first-order chi connectivity index (χ1) is 13.1. The van der Waals surface area contributed by atoms with Crippen LogP contribution in [0.15, 0.2) is 60.7 Å². The smallest absolute Gasteiger partial charge is 0.331 e. The van der Waals surface area contributed by atoms with Gasteiger partial charge in [-0.2, -0.15) is 0 Å². The molecule has 0 unspecified atom stereocenters. The second-order valence-electron chi connectivity index (χ2n) is 5.84. The fourth-order valence-corrected chi connectivity index (χ4v) is 2.46. The van der Waals surface area contributed by atoms with Crippen molar-refractivity contribution in [2.45, 2.75) is 20.4 Å². The lowest BCUT2D eigenvalue weighted by Crippen LogP contribution is -2.33. The summed E-state index contributed by atoms with van der Waals surface area (Å²) in [6.45, 7) is 5.20. The van der Waals surface area contributed by atoms with Crippen molar-refractivity contribution in [3.63, 3.8) is 0 Å². The van der Waals surface area contributed by atoms with E-state index in [-0.39, 0.29) is 12.5 Å². The van der Waals surface area contributed by atoms with Gasteiger partial charge in [-0.15, -0.1) is 0 Å². The van der Waals surface area contributed by atoms with Crippen molar-refractivity contribution < 1.29 is 19.1 Å². The van der Waals surface area contributed by atoms with Crippen LogP contribution in [-0.2, 0) is 20.9 Å². The minimum atomic E-state index is -0.548. The molecular weight excluding hydrogens is 342 g/mol. The lowest BCUT2D eigenvalue weighted by atomic mass is 10.2. The van der Waals surface area contributed by atoms with Gasteiger partial charge in [0.2, 0.25) is 0 Å². The number of amides is 1. The van der Waals surface area contributed by atoms with Crippen LogP contribution in [0.5, 0.6) is 5.75 Å². The molecule has 0 N–H and O–H groups in total. The minimum Gasteiger partial charge on any atom is -0.494 e. The van der Waals surface area contributed by atoms with E-state index in [9.17, 15) is 9.59 Å². The molecule has 5 nitrogen and oxygen atoms in total. The average Bonchev–Trinajstić information content (AvgIpc) is 2.70. The van der Waals surface area contributed by atoms with Gasteiger partial charge in [0.25, 0.3) is 5.91 Å². The number of esters is 1. The first kappa shape index (κ1) is 20.2. The van der Waals surface area contributed by atoms with E-state index in [0.717, 1.165) is 16.9 Å². The van der Waals surface area contributed by atoms with Crippen LogP contribution in [0.4, 0.5) is 0 Å². The molecule has 2 aromatic rings. The SMILES string of the molecule is CCOc1ccc(/C=C/C(=O)OCC(=O)N(CC)Cc2ccccc2)cc1. The topological polar surface area (TPSA) is 55.8 Å². The zero-order valence-electron chi connectivity index (χ0n) is 15.8. The first-order valence-electron chi connectivity index (χ1n) is 9.01. The highest BCUT2D eigenvalue weighted by Gasteiger charge is 2.13. The van der Waals surface area contributed by atoms with Crippen molar-refractivity contribution in [3.8, 4) is 5.75 Å². The van der Waals surface area contributed by atoms with E-state index >= 15 is 0 Å². The Morgan fingerprint density at radius 2 is 1.70 bits per heavy atom. The summed E-state index contributed by atoms with van der Waals surface area (Å²) in [5.41, 5.74) is 1.88. The number of carbonyl (C=O) groups excluding carboxylic acids is 2. The molecule has 0 aromatic heterocycles. The first-order valence-corrected chi connectivity index (χ1v) is 9.01. The number of hydrogen-bond donors (Lipinski definition) is 0. The summed E-state index contributed by atoms with van der Waals surface area (Å²) >= 11 is 0. The fraction of sp³-hybridized carbons (Fsp3) is 0.273. The molecule has 0 fully saturated rings. The van der Waals surface area contributed by atoms with Gasteiger partial charge in [0.1, 0.15) is 5.75 Å². The summed E-state index contributed by atoms with van der Waals surface area (Å²) in [5.74, 6) is 0.0121. The lowest BCUT2D eigenvalue weighted by molar-refractivity contribution is -0.148. The molecule has 0 aliphatic rings. The van der Waals surface area contributed by atoms with Crippen molar-refractivity contribution in [3.05, 3.63) is 71.8 Å². The van der Waals surface area contributed by atoms with E-state index in [0.29, 0.717) is 19.7 Å². The van der Waals surface area contributed by atoms with Gasteiger partial charge < -0.3 is 14.4 Å². The third-order valence-corrected chi connectivity index (χ3v) is 3.89. The average molecular weight is 367 g/mol. The molecule has 0 heterocycles. The van der Waals surface area contributed by atoms with Gasteiger partial charge in [0.15, 0.2) is 6.61 Å². The summed E-state index contributed by atoms with van der Waals surface area (Å²) in [6.07, 6.45) is 2.96. The fourth-order valence-electron chi connectivity index (χ4n) is 2.46. The van der Waals surface area contributed by atoms with Crippen molar-refractivity contribution in [2.24, 2.45) is 0 Å². The Bertz CT molecular complexity index is 754. The number of nitrogens with zero attached hydrogens (tertiary/aromatic N) is 1. The zero-order valence-corrected chi connectivity index (χ0v) is 15.8. The van der Waals surface area contributed by atoms with Gasteiger partial charge in [-0.25, -0.2) is 4.79 Å². The highest BCUT2D eigenvalue weighted by Crippen LogP contribution is 2.13. The summed E-state index contributed by atoms with van der Waals surface area (Å²) in [4.78, 5) is 25.8. The van der Waals surface area contributed by atoms with Crippen molar-refractivity contribution in [2.75, 3.05) is 19.8 Å². The van der Waals surface area contributed by atoms with Crippen LogP contribution >= 0.6 is 0 Å². The Hall–Kier alpha value is -3.08. The maximum absolute atomic E-state index is 12.3. The van der Waals surface area contributed by atoms with Crippen LogP contribution in [0.25, 0.3) is 6.08 Å². The Labute approximate surface area is 160 Å². The van der Waals surface area contributed by atoms with Gasteiger partial charge in [-0.05, 0) is 43.2 Å². The molecular formula is C22H25NO4. The molecule has 142 valence electrons. The normalized spacial score (nSPS) is 10.6. The summed E-state index contributed by atoms with van der Waals surface area (Å²) in [5, 5.41) is 0. The molecule has 0 aliphatic carbocycles. The van der Waals surface area contributed by atoms with Crippen molar-refractivity contribution >= 4 is 18.0 Å². The highest BCUT2D eigenvalue weighted by atomic mass is 16.5. The van der Waals surface area contributed by atoms with E-state index in [1.807, 2.05) is 68.4 Å². The Morgan fingerprint density at radius 3 is 2.33 bits per heavy atom. The molecule has 0 radical (unpaired) electrons. The van der Waals surface area contributed by atoms with Gasteiger partial charge in [0.05, 0.1) is 6.61 Å². The maximum Gasteiger partial charge on any atom is 0.331 e. The third kappa shape index (κ3) is 6.98. The molecule has 0 spiro atoms. The summed E-state index contributed by atoms with van der Waals surface area (Å²) in [7, 11) is 0. The Kier molecular flexibility index (Phi) is 8.10. The van der Waals surface area contributed by atoms with Crippen LogP contribution in [0.2, 0.25) is 0 Å².